The van der Waals surface area contributed by atoms with Gasteiger partial charge in [0.05, 0.1) is 4.90 Å². The van der Waals surface area contributed by atoms with Crippen LogP contribution in [0.3, 0.4) is 0 Å². The molecule has 0 spiro atoms. The van der Waals surface area contributed by atoms with Crippen molar-refractivity contribution in [3.05, 3.63) is 30.3 Å². The molecule has 2 rings (SSSR count). The van der Waals surface area contributed by atoms with Gasteiger partial charge in [-0.1, -0.05) is 24.6 Å². The van der Waals surface area contributed by atoms with E-state index >= 15 is 0 Å². The molecule has 1 N–H and O–H groups in total. The Morgan fingerprint density at radius 3 is 2.65 bits per heavy atom. The third kappa shape index (κ3) is 3.72. The van der Waals surface area contributed by atoms with Crippen LogP contribution < -0.4 is 4.72 Å². The van der Waals surface area contributed by atoms with Crippen molar-refractivity contribution in [2.45, 2.75) is 29.4 Å². The predicted octanol–water partition coefficient (Wildman–Crippen LogP) is 2.25. The average Bonchev–Trinajstić information content (AvgIpc) is 2.39. The van der Waals surface area contributed by atoms with Crippen LogP contribution in [0.4, 0.5) is 0 Å². The Balaban J connectivity index is 1.94. The highest BCUT2D eigenvalue weighted by Crippen LogP contribution is 2.24. The van der Waals surface area contributed by atoms with Crippen molar-refractivity contribution in [3.63, 3.8) is 0 Å². The second-order valence-electron chi connectivity index (χ2n) is 4.15. The molecule has 94 valence electrons. The lowest BCUT2D eigenvalue weighted by Gasteiger charge is -2.21. The fourth-order valence-corrected chi connectivity index (χ4v) is 4.30. The fourth-order valence-electron chi connectivity index (χ4n) is 1.85. The zero-order chi connectivity index (χ0) is 12.1. The molecule has 0 saturated carbocycles. The number of benzene rings is 1. The van der Waals surface area contributed by atoms with Crippen molar-refractivity contribution in [2.24, 2.45) is 0 Å². The quantitative estimate of drug-likeness (QED) is 0.913. The smallest absolute Gasteiger partial charge is 0.210 e. The van der Waals surface area contributed by atoms with Gasteiger partial charge in [0.1, 0.15) is 0 Å². The lowest BCUT2D eigenvalue weighted by molar-refractivity contribution is 0.574. The first-order valence-electron chi connectivity index (χ1n) is 5.85. The normalized spacial score (nSPS) is 21.3. The molecular weight excluding hydrogens is 254 g/mol. The molecular formula is C12H17NO2S2. The Kier molecular flexibility index (Phi) is 4.48. The second kappa shape index (κ2) is 5.89. The third-order valence-electron chi connectivity index (χ3n) is 2.83. The molecule has 5 heteroatoms. The maximum absolute atomic E-state index is 12.0. The van der Waals surface area contributed by atoms with E-state index in [1.165, 1.54) is 12.8 Å². The summed E-state index contributed by atoms with van der Waals surface area (Å²) in [6.45, 7) is 0.544. The summed E-state index contributed by atoms with van der Waals surface area (Å²) in [5, 5.41) is 0.433. The first-order valence-corrected chi connectivity index (χ1v) is 8.38. The summed E-state index contributed by atoms with van der Waals surface area (Å²) >= 11 is 1.87. The molecule has 0 amide bonds. The minimum atomic E-state index is -3.32. The number of nitrogens with one attached hydrogen (secondary N) is 1. The van der Waals surface area contributed by atoms with Gasteiger partial charge in [0.2, 0.25) is 10.0 Å². The standard InChI is InChI=1S/C12H17NO2S2/c14-17(15,12-7-2-1-3-8-12)13-10-11-6-4-5-9-16-11/h1-3,7-8,11,13H,4-6,9-10H2. The Bertz CT molecular complexity index is 439. The molecule has 1 unspecified atom stereocenters. The Labute approximate surface area is 107 Å². The van der Waals surface area contributed by atoms with Gasteiger partial charge in [-0.05, 0) is 30.7 Å². The van der Waals surface area contributed by atoms with Crippen molar-refractivity contribution in [2.75, 3.05) is 12.3 Å². The van der Waals surface area contributed by atoms with Gasteiger partial charge < -0.3 is 0 Å². The highest BCUT2D eigenvalue weighted by molar-refractivity contribution is 8.00. The first-order chi connectivity index (χ1) is 8.18. The van der Waals surface area contributed by atoms with Crippen molar-refractivity contribution < 1.29 is 8.42 Å². The summed E-state index contributed by atoms with van der Waals surface area (Å²) in [4.78, 5) is 0.348. The molecule has 3 nitrogen and oxygen atoms in total. The van der Waals surface area contributed by atoms with Gasteiger partial charge in [-0.15, -0.1) is 0 Å². The summed E-state index contributed by atoms with van der Waals surface area (Å²) in [6.07, 6.45) is 3.58. The molecule has 1 fully saturated rings. The van der Waals surface area contributed by atoms with E-state index in [9.17, 15) is 8.42 Å². The number of thioether (sulfide) groups is 1. The summed E-state index contributed by atoms with van der Waals surface area (Å²) in [5.41, 5.74) is 0. The van der Waals surface area contributed by atoms with Crippen LogP contribution in [-0.4, -0.2) is 26.0 Å². The first kappa shape index (κ1) is 12.9. The number of hydrogen-bond acceptors (Lipinski definition) is 3. The number of sulfonamides is 1. The van der Waals surface area contributed by atoms with E-state index < -0.39 is 10.0 Å². The van der Waals surface area contributed by atoms with E-state index in [0.717, 1.165) is 12.2 Å². The molecule has 1 aliphatic heterocycles. The zero-order valence-electron chi connectivity index (χ0n) is 9.63. The van der Waals surface area contributed by atoms with Gasteiger partial charge in [-0.25, -0.2) is 13.1 Å². The highest BCUT2D eigenvalue weighted by Gasteiger charge is 2.18. The van der Waals surface area contributed by atoms with Crippen molar-refractivity contribution >= 4 is 21.8 Å². The van der Waals surface area contributed by atoms with Crippen LogP contribution in [0.1, 0.15) is 19.3 Å². The van der Waals surface area contributed by atoms with Gasteiger partial charge in [0.25, 0.3) is 0 Å². The topological polar surface area (TPSA) is 46.2 Å². The molecule has 1 atom stereocenters. The molecule has 0 radical (unpaired) electrons. The van der Waals surface area contributed by atoms with E-state index in [0.29, 0.717) is 16.7 Å². The summed E-state index contributed by atoms with van der Waals surface area (Å²) < 4.78 is 26.6. The lowest BCUT2D eigenvalue weighted by Crippen LogP contribution is -2.31. The van der Waals surface area contributed by atoms with E-state index in [1.54, 1.807) is 24.3 Å². The van der Waals surface area contributed by atoms with E-state index in [-0.39, 0.29) is 0 Å². The molecule has 1 saturated heterocycles. The maximum Gasteiger partial charge on any atom is 0.240 e. The Morgan fingerprint density at radius 1 is 1.24 bits per heavy atom. The molecule has 1 heterocycles. The molecule has 0 aliphatic carbocycles. The van der Waals surface area contributed by atoms with Gasteiger partial charge >= 0.3 is 0 Å². The van der Waals surface area contributed by atoms with Gasteiger partial charge in [0, 0.05) is 11.8 Å². The zero-order valence-corrected chi connectivity index (χ0v) is 11.3. The summed E-state index contributed by atoms with van der Waals surface area (Å²) in [6, 6.07) is 8.54. The Morgan fingerprint density at radius 2 is 2.00 bits per heavy atom. The van der Waals surface area contributed by atoms with E-state index in [4.69, 9.17) is 0 Å². The largest absolute Gasteiger partial charge is 0.240 e. The van der Waals surface area contributed by atoms with Crippen LogP contribution in [0, 0.1) is 0 Å². The van der Waals surface area contributed by atoms with Crippen LogP contribution in [0.2, 0.25) is 0 Å². The lowest BCUT2D eigenvalue weighted by atomic mass is 10.2. The van der Waals surface area contributed by atoms with Crippen LogP contribution >= 0.6 is 11.8 Å². The Hall–Kier alpha value is -0.520. The van der Waals surface area contributed by atoms with E-state index in [1.807, 2.05) is 17.8 Å². The summed E-state index contributed by atoms with van der Waals surface area (Å²) in [7, 11) is -3.32. The van der Waals surface area contributed by atoms with Crippen molar-refractivity contribution in [1.82, 2.24) is 4.72 Å². The molecule has 1 aromatic carbocycles. The third-order valence-corrected chi connectivity index (χ3v) is 5.67. The molecule has 17 heavy (non-hydrogen) atoms. The molecule has 0 aromatic heterocycles. The maximum atomic E-state index is 12.0. The van der Waals surface area contributed by atoms with Crippen LogP contribution in [0.25, 0.3) is 0 Å². The van der Waals surface area contributed by atoms with Gasteiger partial charge in [0.15, 0.2) is 0 Å². The minimum Gasteiger partial charge on any atom is -0.210 e. The molecule has 1 aromatic rings. The molecule has 1 aliphatic rings. The van der Waals surface area contributed by atoms with Crippen LogP contribution in [0.15, 0.2) is 35.2 Å². The van der Waals surface area contributed by atoms with Gasteiger partial charge in [-0.2, -0.15) is 11.8 Å². The SMILES string of the molecule is O=S(=O)(NCC1CCCCS1)c1ccccc1. The monoisotopic (exact) mass is 271 g/mol. The predicted molar refractivity (Wildman–Crippen MR) is 71.7 cm³/mol. The van der Waals surface area contributed by atoms with Crippen molar-refractivity contribution in [1.29, 1.82) is 0 Å². The highest BCUT2D eigenvalue weighted by atomic mass is 32.2. The minimum absolute atomic E-state index is 0.348. The van der Waals surface area contributed by atoms with Crippen molar-refractivity contribution in [3.8, 4) is 0 Å². The van der Waals surface area contributed by atoms with Crippen LogP contribution in [-0.2, 0) is 10.0 Å². The average molecular weight is 271 g/mol. The van der Waals surface area contributed by atoms with Crippen LogP contribution in [0.5, 0.6) is 0 Å². The van der Waals surface area contributed by atoms with E-state index in [2.05, 4.69) is 4.72 Å². The number of hydrogen-bond donors (Lipinski definition) is 1. The second-order valence-corrected chi connectivity index (χ2v) is 7.33. The number of rotatable bonds is 4. The summed E-state index contributed by atoms with van der Waals surface area (Å²) in [5.74, 6) is 1.15. The van der Waals surface area contributed by atoms with Gasteiger partial charge in [-0.3, -0.25) is 0 Å². The molecule has 0 bridgehead atoms. The fraction of sp³-hybridized carbons (Fsp3) is 0.500.